The minimum Gasteiger partial charge on any atom is -0.428 e. The number of unbranched alkanes of at least 4 members (excludes halogenated alkanes) is 13. The number of nitrogens with zero attached hydrogens (tertiary/aromatic N) is 4. The van der Waals surface area contributed by atoms with E-state index in [9.17, 15) is 35.1 Å². The zero-order valence-electron chi connectivity index (χ0n) is 32.7. The summed E-state index contributed by atoms with van der Waals surface area (Å²) in [6.45, 7) is 4.42. The molecule has 0 N–H and O–H groups in total. The van der Waals surface area contributed by atoms with Crippen molar-refractivity contribution in [2.24, 2.45) is 0 Å². The van der Waals surface area contributed by atoms with Crippen molar-refractivity contribution >= 4 is 0 Å². The minimum absolute atomic E-state index is 0.342. The Kier molecular flexibility index (Phi) is 20.7. The summed E-state index contributed by atoms with van der Waals surface area (Å²) >= 11 is 0. The van der Waals surface area contributed by atoms with E-state index >= 15 is 0 Å². The van der Waals surface area contributed by atoms with Crippen LogP contribution in [0.25, 0.3) is 22.8 Å². The number of alkyl halides is 8. The van der Waals surface area contributed by atoms with Gasteiger partial charge in [-0.25, -0.2) is 19.9 Å². The molecule has 0 spiro atoms. The molecule has 0 saturated carbocycles. The lowest BCUT2D eigenvalue weighted by Gasteiger charge is -2.16. The molecule has 2 aromatic carbocycles. The van der Waals surface area contributed by atoms with Crippen LogP contribution >= 0.6 is 0 Å². The predicted octanol–water partition coefficient (Wildman–Crippen LogP) is 13.7. The first-order valence-electron chi connectivity index (χ1n) is 19.9. The van der Waals surface area contributed by atoms with Gasteiger partial charge in [0.1, 0.15) is 11.5 Å². The van der Waals surface area contributed by atoms with Crippen LogP contribution in [0.1, 0.15) is 121 Å². The molecule has 4 aromatic rings. The number of benzene rings is 2. The molecular formula is C43H54F8N4O2. The highest BCUT2D eigenvalue weighted by Crippen LogP contribution is 2.30. The molecule has 0 amide bonds. The molecule has 0 unspecified atom stereocenters. The third-order valence-corrected chi connectivity index (χ3v) is 9.04. The second kappa shape index (κ2) is 25.1. The molecule has 0 saturated heterocycles. The molecule has 4 rings (SSSR count). The Labute approximate surface area is 330 Å². The summed E-state index contributed by atoms with van der Waals surface area (Å²) in [4.78, 5) is 17.2. The number of aromatic nitrogens is 4. The quantitative estimate of drug-likeness (QED) is 0.0490. The first-order valence-corrected chi connectivity index (χ1v) is 19.9. The standard InChI is InChI=1S/C22H28F4N2O.C21H26F4N2O/c1-2-3-4-5-6-7-8-9-10-17-15-27-20(28-16-17)18-11-13-19(14-12-18)29-22(25,26)21(23)24;1-2-3-4-5-6-7-8-9-16-14-26-19(27-15-16)17-10-12-18(13-11-17)28-21(24,25)20(22)23/h11-16,21H,2-10H2,1H3;10-15,20H,2-9H2,1H3. The van der Waals surface area contributed by atoms with Gasteiger partial charge in [-0.05, 0) is 85.3 Å². The molecule has 0 aliphatic carbocycles. The summed E-state index contributed by atoms with van der Waals surface area (Å²) in [7, 11) is 0. The highest BCUT2D eigenvalue weighted by molar-refractivity contribution is 5.56. The molecule has 0 aliphatic heterocycles. The molecule has 314 valence electrons. The average molecular weight is 811 g/mol. The Morgan fingerprint density at radius 1 is 0.439 bits per heavy atom. The van der Waals surface area contributed by atoms with Crippen LogP contribution in [0, 0.1) is 0 Å². The van der Waals surface area contributed by atoms with Crippen LogP contribution in [0.4, 0.5) is 35.1 Å². The van der Waals surface area contributed by atoms with Gasteiger partial charge in [0, 0.05) is 35.9 Å². The normalized spacial score (nSPS) is 11.8. The fourth-order valence-electron chi connectivity index (χ4n) is 5.76. The van der Waals surface area contributed by atoms with E-state index in [4.69, 9.17) is 0 Å². The maximum atomic E-state index is 12.9. The lowest BCUT2D eigenvalue weighted by Crippen LogP contribution is -2.33. The fourth-order valence-corrected chi connectivity index (χ4v) is 5.76. The van der Waals surface area contributed by atoms with Crippen LogP contribution < -0.4 is 9.47 Å². The molecule has 0 radical (unpaired) electrons. The molecule has 2 aromatic heterocycles. The zero-order chi connectivity index (χ0) is 41.5. The number of ether oxygens (including phenoxy) is 2. The van der Waals surface area contributed by atoms with E-state index in [-0.39, 0.29) is 11.5 Å². The van der Waals surface area contributed by atoms with Gasteiger partial charge in [-0.15, -0.1) is 0 Å². The number of halogens is 8. The van der Waals surface area contributed by atoms with Crippen molar-refractivity contribution in [2.45, 2.75) is 148 Å². The SMILES string of the molecule is CCCCCCCCCCc1cnc(-c2ccc(OC(F)(F)C(F)F)cc2)nc1.CCCCCCCCCc1cnc(-c2ccc(OC(F)(F)C(F)F)cc2)nc1. The van der Waals surface area contributed by atoms with Gasteiger partial charge in [-0.1, -0.05) is 97.3 Å². The van der Waals surface area contributed by atoms with Crippen molar-refractivity contribution in [2.75, 3.05) is 0 Å². The summed E-state index contributed by atoms with van der Waals surface area (Å²) in [5.74, 6) is 0.197. The van der Waals surface area contributed by atoms with Gasteiger partial charge < -0.3 is 9.47 Å². The first kappa shape index (κ1) is 47.0. The van der Waals surface area contributed by atoms with Crippen LogP contribution in [-0.2, 0) is 12.8 Å². The summed E-state index contributed by atoms with van der Waals surface area (Å²) in [5, 5.41) is 0. The third-order valence-electron chi connectivity index (χ3n) is 9.04. The summed E-state index contributed by atoms with van der Waals surface area (Å²) < 4.78 is 108. The number of rotatable bonds is 25. The Bertz CT molecular complexity index is 1640. The van der Waals surface area contributed by atoms with Crippen LogP contribution in [-0.4, -0.2) is 45.0 Å². The van der Waals surface area contributed by atoms with Crippen LogP contribution in [0.2, 0.25) is 0 Å². The Morgan fingerprint density at radius 2 is 0.719 bits per heavy atom. The Balaban J connectivity index is 0.000000306. The second-order valence-electron chi connectivity index (χ2n) is 13.9. The van der Waals surface area contributed by atoms with Crippen molar-refractivity contribution in [3.8, 4) is 34.3 Å². The lowest BCUT2D eigenvalue weighted by molar-refractivity contribution is -0.253. The smallest absolute Gasteiger partial charge is 0.428 e. The van der Waals surface area contributed by atoms with Gasteiger partial charge in [0.2, 0.25) is 0 Å². The minimum atomic E-state index is -4.52. The first-order chi connectivity index (χ1) is 27.3. The van der Waals surface area contributed by atoms with Gasteiger partial charge >= 0.3 is 25.1 Å². The topological polar surface area (TPSA) is 70.0 Å². The van der Waals surface area contributed by atoms with E-state index in [2.05, 4.69) is 43.3 Å². The third kappa shape index (κ3) is 17.8. The average Bonchev–Trinajstić information content (AvgIpc) is 3.19. The van der Waals surface area contributed by atoms with E-state index < -0.39 is 25.1 Å². The molecule has 14 heteroatoms. The highest BCUT2D eigenvalue weighted by Gasteiger charge is 2.44. The lowest BCUT2D eigenvalue weighted by atomic mass is 10.1. The monoisotopic (exact) mass is 810 g/mol. The van der Waals surface area contributed by atoms with Crippen molar-refractivity contribution in [1.82, 2.24) is 19.9 Å². The maximum Gasteiger partial charge on any atom is 0.461 e. The zero-order valence-corrected chi connectivity index (χ0v) is 32.7. The molecule has 2 heterocycles. The van der Waals surface area contributed by atoms with Crippen molar-refractivity contribution in [3.05, 3.63) is 84.4 Å². The molecule has 0 bridgehead atoms. The van der Waals surface area contributed by atoms with E-state index in [1.54, 1.807) is 24.8 Å². The van der Waals surface area contributed by atoms with Crippen LogP contribution in [0.3, 0.4) is 0 Å². The summed E-state index contributed by atoms with van der Waals surface area (Å²) in [6, 6.07) is 10.6. The number of hydrogen-bond donors (Lipinski definition) is 0. The Morgan fingerprint density at radius 3 is 1.00 bits per heavy atom. The predicted molar refractivity (Wildman–Crippen MR) is 206 cm³/mol. The fraction of sp³-hybridized carbons (Fsp3) is 0.535. The Hall–Kier alpha value is -4.36. The molecular weight excluding hydrogens is 756 g/mol. The van der Waals surface area contributed by atoms with Crippen LogP contribution in [0.5, 0.6) is 11.5 Å². The molecule has 0 atom stereocenters. The number of aryl methyl sites for hydroxylation is 2. The van der Waals surface area contributed by atoms with Gasteiger partial charge in [0.15, 0.2) is 11.6 Å². The highest BCUT2D eigenvalue weighted by atomic mass is 19.3. The summed E-state index contributed by atoms with van der Waals surface area (Å²) in [6.07, 6.45) is 10.8. The maximum absolute atomic E-state index is 12.9. The van der Waals surface area contributed by atoms with E-state index in [0.29, 0.717) is 22.8 Å². The largest absolute Gasteiger partial charge is 0.461 e. The van der Waals surface area contributed by atoms with E-state index in [1.807, 2.05) is 0 Å². The van der Waals surface area contributed by atoms with Gasteiger partial charge in [0.05, 0.1) is 0 Å². The van der Waals surface area contributed by atoms with Crippen LogP contribution in [0.15, 0.2) is 73.3 Å². The molecule has 6 nitrogen and oxygen atoms in total. The van der Waals surface area contributed by atoms with Gasteiger partial charge in [-0.2, -0.15) is 35.1 Å². The second-order valence-corrected chi connectivity index (χ2v) is 13.9. The van der Waals surface area contributed by atoms with Gasteiger partial charge in [0.25, 0.3) is 0 Å². The summed E-state index contributed by atoms with van der Waals surface area (Å²) in [5.41, 5.74) is 3.29. The number of hydrogen-bond acceptors (Lipinski definition) is 6. The van der Waals surface area contributed by atoms with E-state index in [1.165, 1.54) is 132 Å². The molecule has 0 fully saturated rings. The van der Waals surface area contributed by atoms with Crippen molar-refractivity contribution < 1.29 is 44.6 Å². The van der Waals surface area contributed by atoms with E-state index in [0.717, 1.165) is 36.8 Å². The van der Waals surface area contributed by atoms with Crippen molar-refractivity contribution in [3.63, 3.8) is 0 Å². The molecule has 0 aliphatic rings. The van der Waals surface area contributed by atoms with Crippen molar-refractivity contribution in [1.29, 1.82) is 0 Å². The molecule has 57 heavy (non-hydrogen) atoms. The van der Waals surface area contributed by atoms with Gasteiger partial charge in [-0.3, -0.25) is 0 Å².